The zero-order chi connectivity index (χ0) is 24.0. The Kier molecular flexibility index (Phi) is 7.50. The first-order valence-corrected chi connectivity index (χ1v) is 10.2. The molecule has 2 aromatic rings. The van der Waals surface area contributed by atoms with E-state index in [9.17, 15) is 19.2 Å². The number of amides is 3. The highest BCUT2D eigenvalue weighted by Crippen LogP contribution is 2.28. The van der Waals surface area contributed by atoms with Crippen molar-refractivity contribution >= 4 is 29.4 Å². The molecule has 174 valence electrons. The molecule has 1 aliphatic rings. The quantitative estimate of drug-likeness (QED) is 0.581. The van der Waals surface area contributed by atoms with Crippen LogP contribution < -0.4 is 20.2 Å². The Morgan fingerprint density at radius 3 is 2.27 bits per heavy atom. The lowest BCUT2D eigenvalue weighted by atomic mass is 10.1. The normalized spacial score (nSPS) is 15.1. The van der Waals surface area contributed by atoms with Crippen LogP contribution in [0.1, 0.15) is 22.3 Å². The molecule has 3 amide bonds. The Morgan fingerprint density at radius 1 is 1.03 bits per heavy atom. The summed E-state index contributed by atoms with van der Waals surface area (Å²) in [6, 6.07) is 12.0. The van der Waals surface area contributed by atoms with Gasteiger partial charge in [0.1, 0.15) is 17.1 Å². The fourth-order valence-corrected chi connectivity index (χ4v) is 3.32. The van der Waals surface area contributed by atoms with Crippen LogP contribution in [0.2, 0.25) is 0 Å². The molecule has 1 aliphatic heterocycles. The maximum atomic E-state index is 12.8. The van der Waals surface area contributed by atoms with Crippen LogP contribution in [0.25, 0.3) is 0 Å². The smallest absolute Gasteiger partial charge is 0.311 e. The maximum absolute atomic E-state index is 12.8. The van der Waals surface area contributed by atoms with Crippen LogP contribution in [-0.2, 0) is 19.1 Å². The first-order valence-electron chi connectivity index (χ1n) is 10.2. The molecular formula is C23H25N3O7. The van der Waals surface area contributed by atoms with E-state index in [-0.39, 0.29) is 30.0 Å². The third-order valence-corrected chi connectivity index (χ3v) is 5.03. The first-order chi connectivity index (χ1) is 15.8. The second kappa shape index (κ2) is 10.5. The fourth-order valence-electron chi connectivity index (χ4n) is 3.32. The highest BCUT2D eigenvalue weighted by molar-refractivity contribution is 6.01. The highest BCUT2D eigenvalue weighted by Gasteiger charge is 2.37. The summed E-state index contributed by atoms with van der Waals surface area (Å²) in [6.45, 7) is 1.36. The van der Waals surface area contributed by atoms with Crippen molar-refractivity contribution in [1.82, 2.24) is 10.4 Å². The van der Waals surface area contributed by atoms with Gasteiger partial charge in [0.05, 0.1) is 26.7 Å². The molecule has 33 heavy (non-hydrogen) atoms. The third kappa shape index (κ3) is 5.79. The van der Waals surface area contributed by atoms with Crippen LogP contribution >= 0.6 is 0 Å². The van der Waals surface area contributed by atoms with Crippen LogP contribution in [-0.4, -0.2) is 56.1 Å². The van der Waals surface area contributed by atoms with Gasteiger partial charge in [-0.2, -0.15) is 0 Å². The van der Waals surface area contributed by atoms with E-state index in [1.165, 1.54) is 14.2 Å². The number of anilines is 1. The molecule has 2 aromatic carbocycles. The van der Waals surface area contributed by atoms with Crippen LogP contribution in [0.3, 0.4) is 0 Å². The van der Waals surface area contributed by atoms with Crippen molar-refractivity contribution in [2.24, 2.45) is 5.92 Å². The molecule has 0 aliphatic carbocycles. The number of carbonyl (C=O) groups excluding carboxylic acids is 4. The summed E-state index contributed by atoms with van der Waals surface area (Å²) in [6.07, 6.45) is -0.151. The van der Waals surface area contributed by atoms with Gasteiger partial charge in [0.25, 0.3) is 11.8 Å². The van der Waals surface area contributed by atoms with Gasteiger partial charge in [0, 0.05) is 12.1 Å². The van der Waals surface area contributed by atoms with Crippen molar-refractivity contribution < 1.29 is 33.4 Å². The molecule has 1 atom stereocenters. The van der Waals surface area contributed by atoms with E-state index in [1.807, 2.05) is 19.1 Å². The minimum absolute atomic E-state index is 0.0829. The Morgan fingerprint density at radius 2 is 1.67 bits per heavy atom. The van der Waals surface area contributed by atoms with Gasteiger partial charge in [-0.1, -0.05) is 23.8 Å². The Labute approximate surface area is 190 Å². The van der Waals surface area contributed by atoms with E-state index in [2.05, 4.69) is 10.7 Å². The SMILES string of the molecule is COc1cccc(OC)c1C(=O)NN1C[C@H](C(=O)OCC(=O)Nc2ccc(C)cc2)CC1=O. The van der Waals surface area contributed by atoms with E-state index in [0.717, 1.165) is 10.6 Å². The summed E-state index contributed by atoms with van der Waals surface area (Å²) < 4.78 is 15.5. The van der Waals surface area contributed by atoms with Crippen LogP contribution in [0.4, 0.5) is 5.69 Å². The van der Waals surface area contributed by atoms with Crippen molar-refractivity contribution in [3.8, 4) is 11.5 Å². The molecule has 10 nitrogen and oxygen atoms in total. The van der Waals surface area contributed by atoms with E-state index in [1.54, 1.807) is 30.3 Å². The number of nitrogens with one attached hydrogen (secondary N) is 2. The third-order valence-electron chi connectivity index (χ3n) is 5.03. The number of carbonyl (C=O) groups is 4. The summed E-state index contributed by atoms with van der Waals surface area (Å²) in [5.74, 6) is -2.54. The monoisotopic (exact) mass is 455 g/mol. The molecule has 0 radical (unpaired) electrons. The van der Waals surface area contributed by atoms with Gasteiger partial charge in [-0.15, -0.1) is 0 Å². The van der Waals surface area contributed by atoms with E-state index >= 15 is 0 Å². The summed E-state index contributed by atoms with van der Waals surface area (Å²) >= 11 is 0. The van der Waals surface area contributed by atoms with Gasteiger partial charge in [0.2, 0.25) is 5.91 Å². The second-order valence-electron chi connectivity index (χ2n) is 7.41. The molecule has 10 heteroatoms. The fraction of sp³-hybridized carbons (Fsp3) is 0.304. The van der Waals surface area contributed by atoms with Crippen molar-refractivity contribution in [2.45, 2.75) is 13.3 Å². The van der Waals surface area contributed by atoms with E-state index < -0.39 is 36.2 Å². The molecule has 0 aromatic heterocycles. The minimum atomic E-state index is -0.815. The number of aryl methyl sites for hydroxylation is 1. The van der Waals surface area contributed by atoms with Gasteiger partial charge < -0.3 is 19.5 Å². The van der Waals surface area contributed by atoms with Gasteiger partial charge >= 0.3 is 5.97 Å². The number of hydrogen-bond donors (Lipinski definition) is 2. The molecule has 0 unspecified atom stereocenters. The number of rotatable bonds is 8. The Hall–Kier alpha value is -4.08. The van der Waals surface area contributed by atoms with Crippen LogP contribution in [0, 0.1) is 12.8 Å². The second-order valence-corrected chi connectivity index (χ2v) is 7.41. The van der Waals surface area contributed by atoms with E-state index in [0.29, 0.717) is 5.69 Å². The number of methoxy groups -OCH3 is 2. The average molecular weight is 455 g/mol. The molecule has 0 spiro atoms. The number of hydrazine groups is 1. The minimum Gasteiger partial charge on any atom is -0.496 e. The topological polar surface area (TPSA) is 123 Å². The largest absolute Gasteiger partial charge is 0.496 e. The first kappa shape index (κ1) is 23.6. The molecule has 0 saturated carbocycles. The van der Waals surface area contributed by atoms with Crippen molar-refractivity contribution in [1.29, 1.82) is 0 Å². The number of hydrogen-bond acceptors (Lipinski definition) is 7. The Bertz CT molecular complexity index is 1030. The van der Waals surface area contributed by atoms with Crippen LogP contribution in [0.5, 0.6) is 11.5 Å². The summed E-state index contributed by atoms with van der Waals surface area (Å²) in [5, 5.41) is 3.67. The van der Waals surface area contributed by atoms with Crippen molar-refractivity contribution in [3.63, 3.8) is 0 Å². The van der Waals surface area contributed by atoms with Crippen molar-refractivity contribution in [2.75, 3.05) is 32.7 Å². The molecule has 3 rings (SSSR count). The molecule has 2 N–H and O–H groups in total. The molecule has 1 fully saturated rings. The van der Waals surface area contributed by atoms with Gasteiger partial charge in [0.15, 0.2) is 6.61 Å². The lowest BCUT2D eigenvalue weighted by molar-refractivity contribution is -0.151. The molecule has 0 bridgehead atoms. The van der Waals surface area contributed by atoms with E-state index in [4.69, 9.17) is 14.2 Å². The lowest BCUT2D eigenvalue weighted by Crippen LogP contribution is -2.43. The predicted molar refractivity (Wildman–Crippen MR) is 118 cm³/mol. The maximum Gasteiger partial charge on any atom is 0.311 e. The number of esters is 1. The summed E-state index contributed by atoms with van der Waals surface area (Å²) in [7, 11) is 2.82. The average Bonchev–Trinajstić information content (AvgIpc) is 3.18. The van der Waals surface area contributed by atoms with Crippen molar-refractivity contribution in [3.05, 3.63) is 53.6 Å². The van der Waals surface area contributed by atoms with Gasteiger partial charge in [-0.25, -0.2) is 0 Å². The number of ether oxygens (including phenoxy) is 3. The lowest BCUT2D eigenvalue weighted by Gasteiger charge is -2.19. The zero-order valence-corrected chi connectivity index (χ0v) is 18.5. The zero-order valence-electron chi connectivity index (χ0n) is 18.5. The number of benzene rings is 2. The Balaban J connectivity index is 1.54. The molecular weight excluding hydrogens is 430 g/mol. The number of nitrogens with zero attached hydrogens (tertiary/aromatic N) is 1. The van der Waals surface area contributed by atoms with Gasteiger partial charge in [-0.05, 0) is 31.2 Å². The molecule has 1 saturated heterocycles. The van der Waals surface area contributed by atoms with Gasteiger partial charge in [-0.3, -0.25) is 29.6 Å². The summed E-state index contributed by atoms with van der Waals surface area (Å²) in [5.41, 5.74) is 4.23. The summed E-state index contributed by atoms with van der Waals surface area (Å²) in [4.78, 5) is 49.5. The van der Waals surface area contributed by atoms with Crippen LogP contribution in [0.15, 0.2) is 42.5 Å². The predicted octanol–water partition coefficient (Wildman–Crippen LogP) is 1.69. The molecule has 1 heterocycles. The highest BCUT2D eigenvalue weighted by atomic mass is 16.5. The standard InChI is InChI=1S/C23H25N3O7/c1-14-7-9-16(10-8-14)24-19(27)13-33-23(30)15-11-20(28)26(12-15)25-22(29)21-17(31-2)5-4-6-18(21)32-3/h4-10,15H,11-13H2,1-3H3,(H,24,27)(H,25,29)/t15-/m1/s1.